The summed E-state index contributed by atoms with van der Waals surface area (Å²) in [6.45, 7) is 1.74. The van der Waals surface area contributed by atoms with Gasteiger partial charge in [-0.1, -0.05) is 24.5 Å². The Hall–Kier alpha value is -2.84. The van der Waals surface area contributed by atoms with Gasteiger partial charge in [0.2, 0.25) is 0 Å². The smallest absolute Gasteiger partial charge is 0.321 e. The third-order valence-corrected chi connectivity index (χ3v) is 6.65. The Kier molecular flexibility index (Phi) is 5.29. The van der Waals surface area contributed by atoms with Crippen molar-refractivity contribution >= 4 is 35.8 Å². The van der Waals surface area contributed by atoms with Crippen LogP contribution in [0.4, 0.5) is 0 Å². The van der Waals surface area contributed by atoms with E-state index in [1.54, 1.807) is 13.0 Å². The highest BCUT2D eigenvalue weighted by atomic mass is 16.6. The van der Waals surface area contributed by atoms with Gasteiger partial charge in [-0.25, -0.2) is 0 Å². The molecule has 0 N–H and O–H groups in total. The number of ether oxygens (including phenoxy) is 3. The molecule has 3 heterocycles. The number of hydrogen-bond acceptors (Lipinski definition) is 9. The highest BCUT2D eigenvalue weighted by Gasteiger charge is 2.51. The minimum Gasteiger partial charge on any atom is -0.393 e. The van der Waals surface area contributed by atoms with Crippen molar-refractivity contribution in [2.45, 2.75) is 45.4 Å². The fourth-order valence-corrected chi connectivity index (χ4v) is 5.12. The highest BCUT2D eigenvalue weighted by molar-refractivity contribution is 5.99. The van der Waals surface area contributed by atoms with Crippen molar-refractivity contribution in [2.75, 3.05) is 0 Å². The molecule has 0 amide bonds. The molecule has 6 unspecified atom stereocenters. The average molecular weight is 418 g/mol. The number of fused-ring (bicyclic) bond motifs is 2. The van der Waals surface area contributed by atoms with Crippen LogP contribution in [-0.4, -0.2) is 35.8 Å². The molecule has 2 aliphatic carbocycles. The second-order valence-electron chi connectivity index (χ2n) is 8.48. The molecule has 1 saturated carbocycles. The second-order valence-corrected chi connectivity index (χ2v) is 8.48. The van der Waals surface area contributed by atoms with Crippen molar-refractivity contribution in [1.82, 2.24) is 0 Å². The van der Waals surface area contributed by atoms with E-state index in [-0.39, 0.29) is 36.1 Å². The number of carbonyl (C=O) groups excluding carboxylic acids is 6. The molecule has 0 bridgehead atoms. The van der Waals surface area contributed by atoms with Crippen LogP contribution in [0, 0.1) is 35.5 Å². The number of cyclic esters (lactones) is 6. The highest BCUT2D eigenvalue weighted by Crippen LogP contribution is 2.43. The third kappa shape index (κ3) is 3.57. The Morgan fingerprint density at radius 2 is 1.23 bits per heavy atom. The van der Waals surface area contributed by atoms with Gasteiger partial charge in [0, 0.05) is 0 Å². The molecule has 4 fully saturated rings. The van der Waals surface area contributed by atoms with Crippen molar-refractivity contribution in [3.05, 3.63) is 11.6 Å². The summed E-state index contributed by atoms with van der Waals surface area (Å²) in [7, 11) is 0. The monoisotopic (exact) mass is 418 g/mol. The van der Waals surface area contributed by atoms with Crippen LogP contribution < -0.4 is 0 Å². The van der Waals surface area contributed by atoms with E-state index in [1.807, 2.05) is 0 Å². The Bertz CT molecular complexity index is 848. The molecular weight excluding hydrogens is 396 g/mol. The van der Waals surface area contributed by atoms with E-state index < -0.39 is 41.6 Å². The first-order valence-corrected chi connectivity index (χ1v) is 10.2. The predicted molar refractivity (Wildman–Crippen MR) is 95.7 cm³/mol. The minimum atomic E-state index is -0.549. The average Bonchev–Trinajstić information content (AvgIpc) is 3.29. The van der Waals surface area contributed by atoms with Gasteiger partial charge in [0.05, 0.1) is 36.0 Å². The van der Waals surface area contributed by atoms with Gasteiger partial charge >= 0.3 is 35.8 Å². The van der Waals surface area contributed by atoms with Crippen molar-refractivity contribution in [3.8, 4) is 0 Å². The summed E-state index contributed by atoms with van der Waals surface area (Å²) in [5.41, 5.74) is 0.726. The molecule has 30 heavy (non-hydrogen) atoms. The lowest BCUT2D eigenvalue weighted by atomic mass is 9.72. The maximum Gasteiger partial charge on any atom is 0.321 e. The van der Waals surface area contributed by atoms with Gasteiger partial charge in [0.25, 0.3) is 0 Å². The van der Waals surface area contributed by atoms with Crippen LogP contribution in [0.5, 0.6) is 0 Å². The zero-order valence-corrected chi connectivity index (χ0v) is 16.5. The molecule has 5 aliphatic rings. The Morgan fingerprint density at radius 3 is 1.80 bits per heavy atom. The number of allylic oxidation sites excluding steroid dienone is 1. The molecule has 0 spiro atoms. The van der Waals surface area contributed by atoms with Gasteiger partial charge in [-0.2, -0.15) is 0 Å². The summed E-state index contributed by atoms with van der Waals surface area (Å²) in [6, 6.07) is 0. The maximum atomic E-state index is 11.6. The van der Waals surface area contributed by atoms with Crippen LogP contribution in [0.3, 0.4) is 0 Å². The van der Waals surface area contributed by atoms with E-state index >= 15 is 0 Å². The van der Waals surface area contributed by atoms with E-state index in [2.05, 4.69) is 14.2 Å². The lowest BCUT2D eigenvalue weighted by Gasteiger charge is -2.27. The fraction of sp³-hybridized carbons (Fsp3) is 0.619. The first kappa shape index (κ1) is 20.4. The molecule has 0 radical (unpaired) electrons. The molecule has 3 saturated heterocycles. The summed E-state index contributed by atoms with van der Waals surface area (Å²) in [6.07, 6.45) is 5.98. The Balaban J connectivity index is 0.000000168. The van der Waals surface area contributed by atoms with Crippen LogP contribution >= 0.6 is 0 Å². The van der Waals surface area contributed by atoms with Gasteiger partial charge < -0.3 is 14.2 Å². The zero-order chi connectivity index (χ0) is 21.6. The lowest BCUT2D eigenvalue weighted by Crippen LogP contribution is -2.31. The predicted octanol–water partition coefficient (Wildman–Crippen LogP) is 1.23. The largest absolute Gasteiger partial charge is 0.393 e. The molecule has 0 aromatic carbocycles. The Morgan fingerprint density at radius 1 is 0.700 bits per heavy atom. The van der Waals surface area contributed by atoms with E-state index in [1.165, 1.54) is 0 Å². The van der Waals surface area contributed by atoms with E-state index in [0.717, 1.165) is 31.3 Å². The van der Waals surface area contributed by atoms with Crippen LogP contribution in [0.15, 0.2) is 11.6 Å². The lowest BCUT2D eigenvalue weighted by molar-refractivity contribution is -0.155. The van der Waals surface area contributed by atoms with Gasteiger partial charge in [0.1, 0.15) is 0 Å². The van der Waals surface area contributed by atoms with Gasteiger partial charge in [-0.05, 0) is 32.1 Å². The molecule has 3 aliphatic heterocycles. The molecule has 9 heteroatoms. The number of rotatable bonds is 1. The summed E-state index contributed by atoms with van der Waals surface area (Å²) in [5.74, 6) is -4.79. The Labute approximate surface area is 172 Å². The van der Waals surface area contributed by atoms with Crippen molar-refractivity contribution < 1.29 is 43.0 Å². The summed E-state index contributed by atoms with van der Waals surface area (Å²) in [4.78, 5) is 67.8. The molecule has 6 atom stereocenters. The van der Waals surface area contributed by atoms with Crippen molar-refractivity contribution in [1.29, 1.82) is 0 Å². The summed E-state index contributed by atoms with van der Waals surface area (Å²) >= 11 is 0. The van der Waals surface area contributed by atoms with E-state index in [0.29, 0.717) is 6.42 Å². The van der Waals surface area contributed by atoms with Crippen LogP contribution in [-0.2, 0) is 43.0 Å². The molecule has 9 nitrogen and oxygen atoms in total. The van der Waals surface area contributed by atoms with Gasteiger partial charge in [0.15, 0.2) is 0 Å². The zero-order valence-electron chi connectivity index (χ0n) is 16.5. The third-order valence-electron chi connectivity index (χ3n) is 6.65. The van der Waals surface area contributed by atoms with Gasteiger partial charge in [-0.3, -0.25) is 28.8 Å². The number of esters is 6. The van der Waals surface area contributed by atoms with Crippen LogP contribution in [0.2, 0.25) is 0 Å². The quantitative estimate of drug-likeness (QED) is 0.267. The van der Waals surface area contributed by atoms with E-state index in [4.69, 9.17) is 0 Å². The first-order chi connectivity index (χ1) is 14.3. The second kappa shape index (κ2) is 7.77. The summed E-state index contributed by atoms with van der Waals surface area (Å²) < 4.78 is 13.7. The van der Waals surface area contributed by atoms with Crippen LogP contribution in [0.1, 0.15) is 45.4 Å². The molecular formula is C21H22O9. The van der Waals surface area contributed by atoms with E-state index in [9.17, 15) is 28.8 Å². The standard InChI is InChI=1S/C13H12O6.C8H10O3/c1-5-2-6(7-4-9(14)18-11(7)15)3-8-10(5)13(17)19-12(8)16;9-7-5-3-1-2-4-6(5)8(10)11-7/h2,6-8,10H,3-4H2,1H3;5-6H,1-4H2. The molecule has 5 rings (SSSR count). The number of hydrogen-bond donors (Lipinski definition) is 0. The van der Waals surface area contributed by atoms with Crippen molar-refractivity contribution in [3.63, 3.8) is 0 Å². The molecule has 0 aromatic heterocycles. The molecule has 0 aromatic rings. The summed E-state index contributed by atoms with van der Waals surface area (Å²) in [5, 5.41) is 0. The van der Waals surface area contributed by atoms with Gasteiger partial charge in [-0.15, -0.1) is 0 Å². The SMILES string of the molecule is CC1=CC(C2CC(=O)OC2=O)CC2C(=O)OC(=O)C12.O=C1OC(=O)C2CCCCC12. The topological polar surface area (TPSA) is 130 Å². The van der Waals surface area contributed by atoms with Crippen molar-refractivity contribution in [2.24, 2.45) is 35.5 Å². The fourth-order valence-electron chi connectivity index (χ4n) is 5.12. The normalized spacial score (nSPS) is 37.4. The number of carbonyl (C=O) groups is 6. The minimum absolute atomic E-state index is 0.0354. The van der Waals surface area contributed by atoms with Crippen LogP contribution in [0.25, 0.3) is 0 Å². The molecule has 160 valence electrons. The maximum absolute atomic E-state index is 11.6. The first-order valence-electron chi connectivity index (χ1n) is 10.2.